The lowest BCUT2D eigenvalue weighted by atomic mass is 10.0. The van der Waals surface area contributed by atoms with E-state index in [-0.39, 0.29) is 30.6 Å². The Morgan fingerprint density at radius 2 is 1.65 bits per heavy atom. The molecule has 0 aromatic heterocycles. The van der Waals surface area contributed by atoms with Crippen molar-refractivity contribution in [3.63, 3.8) is 0 Å². The summed E-state index contributed by atoms with van der Waals surface area (Å²) in [5.74, 6) is 0.0315. The lowest BCUT2D eigenvalue weighted by molar-refractivity contribution is -0.132. The number of carbonyl (C=O) groups is 3. The molecule has 1 heterocycles. The lowest BCUT2D eigenvalue weighted by Gasteiger charge is -2.34. The van der Waals surface area contributed by atoms with Gasteiger partial charge in [-0.25, -0.2) is 4.79 Å². The van der Waals surface area contributed by atoms with Crippen LogP contribution in [0, 0.1) is 0 Å². The largest absolute Gasteiger partial charge is 0.339 e. The average Bonchev–Trinajstić information content (AvgIpc) is 3.14. The Hall–Kier alpha value is -2.37. The number of urea groups is 1. The van der Waals surface area contributed by atoms with Crippen molar-refractivity contribution in [3.05, 3.63) is 34.9 Å². The van der Waals surface area contributed by atoms with E-state index in [1.54, 1.807) is 9.80 Å². The topological polar surface area (TPSA) is 69.7 Å². The molecule has 0 bridgehead atoms. The van der Waals surface area contributed by atoms with Gasteiger partial charge in [-0.05, 0) is 43.4 Å². The average molecular weight is 357 g/mol. The fourth-order valence-electron chi connectivity index (χ4n) is 3.69. The molecule has 3 rings (SSSR count). The molecule has 140 valence electrons. The van der Waals surface area contributed by atoms with Gasteiger partial charge in [-0.3, -0.25) is 9.59 Å². The van der Waals surface area contributed by atoms with Crippen molar-refractivity contribution in [3.8, 4) is 0 Å². The molecule has 2 aliphatic rings. The number of aryl methyl sites for hydroxylation is 2. The number of Topliss-reactive ketones (excluding diaryl/α,β-unsaturated/α-hetero) is 1. The number of carbonyl (C=O) groups excluding carboxylic acids is 3. The van der Waals surface area contributed by atoms with Crippen LogP contribution >= 0.6 is 0 Å². The monoisotopic (exact) mass is 357 g/mol. The second kappa shape index (κ2) is 8.34. The first-order valence-electron chi connectivity index (χ1n) is 9.54. The van der Waals surface area contributed by atoms with Gasteiger partial charge in [0.2, 0.25) is 5.91 Å². The van der Waals surface area contributed by atoms with Crippen molar-refractivity contribution < 1.29 is 14.4 Å². The number of fused-ring (bicyclic) bond motifs is 1. The van der Waals surface area contributed by atoms with E-state index in [0.717, 1.165) is 24.8 Å². The van der Waals surface area contributed by atoms with Crippen LogP contribution in [-0.2, 0) is 17.6 Å². The molecule has 1 fully saturated rings. The molecule has 1 aliphatic heterocycles. The highest BCUT2D eigenvalue weighted by Gasteiger charge is 2.24. The third-order valence-corrected chi connectivity index (χ3v) is 5.23. The third kappa shape index (κ3) is 4.23. The normalized spacial score (nSPS) is 16.3. The molecule has 1 aromatic rings. The number of rotatable bonds is 5. The number of benzene rings is 1. The van der Waals surface area contributed by atoms with Gasteiger partial charge in [0.05, 0.1) is 0 Å². The Labute approximate surface area is 154 Å². The van der Waals surface area contributed by atoms with Gasteiger partial charge in [-0.2, -0.15) is 0 Å². The van der Waals surface area contributed by atoms with Crippen LogP contribution in [0.3, 0.4) is 0 Å². The minimum atomic E-state index is -0.0774. The molecule has 1 N–H and O–H groups in total. The number of ketones is 1. The SMILES string of the molecule is CCNC(=O)N1CCN(C(=O)CCC(=O)c2ccc3c(c2)CCC3)CC1. The summed E-state index contributed by atoms with van der Waals surface area (Å²) in [4.78, 5) is 40.1. The van der Waals surface area contributed by atoms with Gasteiger partial charge in [0.1, 0.15) is 0 Å². The summed E-state index contributed by atoms with van der Waals surface area (Å²) in [7, 11) is 0. The van der Waals surface area contributed by atoms with E-state index in [4.69, 9.17) is 0 Å². The Kier molecular flexibility index (Phi) is 5.91. The maximum atomic E-state index is 12.4. The first kappa shape index (κ1) is 18.4. The first-order chi connectivity index (χ1) is 12.6. The van der Waals surface area contributed by atoms with E-state index in [2.05, 4.69) is 11.4 Å². The fraction of sp³-hybridized carbons (Fsp3) is 0.550. The van der Waals surface area contributed by atoms with E-state index in [1.807, 2.05) is 19.1 Å². The smallest absolute Gasteiger partial charge is 0.317 e. The van der Waals surface area contributed by atoms with E-state index in [1.165, 1.54) is 11.1 Å². The summed E-state index contributed by atoms with van der Waals surface area (Å²) in [6.07, 6.45) is 3.79. The maximum Gasteiger partial charge on any atom is 0.317 e. The molecule has 1 saturated heterocycles. The number of nitrogens with one attached hydrogen (secondary N) is 1. The van der Waals surface area contributed by atoms with Gasteiger partial charge in [0, 0.05) is 51.1 Å². The highest BCUT2D eigenvalue weighted by molar-refractivity contribution is 5.98. The number of nitrogens with zero attached hydrogens (tertiary/aromatic N) is 2. The predicted molar refractivity (Wildman–Crippen MR) is 99.3 cm³/mol. The minimum absolute atomic E-state index is 0.00457. The van der Waals surface area contributed by atoms with Crippen LogP contribution < -0.4 is 5.32 Å². The van der Waals surface area contributed by atoms with Crippen molar-refractivity contribution in [2.45, 2.75) is 39.0 Å². The second-order valence-electron chi connectivity index (χ2n) is 6.96. The molecule has 0 atom stereocenters. The van der Waals surface area contributed by atoms with Crippen molar-refractivity contribution in [2.75, 3.05) is 32.7 Å². The van der Waals surface area contributed by atoms with Crippen LogP contribution in [0.25, 0.3) is 0 Å². The summed E-state index contributed by atoms with van der Waals surface area (Å²) in [5.41, 5.74) is 3.35. The van der Waals surface area contributed by atoms with Crippen molar-refractivity contribution in [2.24, 2.45) is 0 Å². The number of hydrogen-bond donors (Lipinski definition) is 1. The molecule has 0 unspecified atom stereocenters. The van der Waals surface area contributed by atoms with Crippen molar-refractivity contribution in [1.82, 2.24) is 15.1 Å². The standard InChI is InChI=1S/C20H27N3O3/c1-2-21-20(26)23-12-10-22(11-13-23)19(25)9-8-18(24)17-7-6-15-4-3-5-16(15)14-17/h6-7,14H,2-5,8-13H2,1H3,(H,21,26). The van der Waals surface area contributed by atoms with E-state index < -0.39 is 0 Å². The van der Waals surface area contributed by atoms with Crippen molar-refractivity contribution >= 4 is 17.7 Å². The minimum Gasteiger partial charge on any atom is -0.339 e. The van der Waals surface area contributed by atoms with Gasteiger partial charge in [0.15, 0.2) is 5.78 Å². The molecule has 3 amide bonds. The quantitative estimate of drug-likeness (QED) is 0.820. The second-order valence-corrected chi connectivity index (χ2v) is 6.96. The summed E-state index contributed by atoms with van der Waals surface area (Å²) in [5, 5.41) is 2.77. The summed E-state index contributed by atoms with van der Waals surface area (Å²) in [6, 6.07) is 5.87. The van der Waals surface area contributed by atoms with Crippen molar-refractivity contribution in [1.29, 1.82) is 0 Å². The van der Waals surface area contributed by atoms with Gasteiger partial charge < -0.3 is 15.1 Å². The van der Waals surface area contributed by atoms with E-state index in [0.29, 0.717) is 32.7 Å². The molecule has 1 aromatic carbocycles. The fourth-order valence-corrected chi connectivity index (χ4v) is 3.69. The molecular formula is C20H27N3O3. The number of hydrogen-bond acceptors (Lipinski definition) is 3. The third-order valence-electron chi connectivity index (χ3n) is 5.23. The zero-order valence-electron chi connectivity index (χ0n) is 15.4. The molecule has 26 heavy (non-hydrogen) atoms. The molecule has 0 spiro atoms. The van der Waals surface area contributed by atoms with E-state index in [9.17, 15) is 14.4 Å². The molecular weight excluding hydrogens is 330 g/mol. The summed E-state index contributed by atoms with van der Waals surface area (Å²) < 4.78 is 0. The summed E-state index contributed by atoms with van der Waals surface area (Å²) >= 11 is 0. The lowest BCUT2D eigenvalue weighted by Crippen LogP contribution is -2.53. The van der Waals surface area contributed by atoms with Crippen LogP contribution in [0.15, 0.2) is 18.2 Å². The number of piperazine rings is 1. The van der Waals surface area contributed by atoms with Crippen LogP contribution in [0.1, 0.15) is 47.7 Å². The van der Waals surface area contributed by atoms with Gasteiger partial charge >= 0.3 is 6.03 Å². The van der Waals surface area contributed by atoms with Crippen LogP contribution in [-0.4, -0.2) is 60.2 Å². The Bertz CT molecular complexity index is 694. The summed E-state index contributed by atoms with van der Waals surface area (Å²) in [6.45, 7) is 4.62. The molecule has 6 nitrogen and oxygen atoms in total. The van der Waals surface area contributed by atoms with Crippen LogP contribution in [0.4, 0.5) is 4.79 Å². The van der Waals surface area contributed by atoms with Gasteiger partial charge in [-0.1, -0.05) is 12.1 Å². The predicted octanol–water partition coefficient (Wildman–Crippen LogP) is 2.01. The Morgan fingerprint density at radius 3 is 2.38 bits per heavy atom. The number of amides is 3. The highest BCUT2D eigenvalue weighted by Crippen LogP contribution is 2.23. The molecule has 1 aliphatic carbocycles. The maximum absolute atomic E-state index is 12.4. The van der Waals surface area contributed by atoms with Crippen LogP contribution in [0.5, 0.6) is 0 Å². The Balaban J connectivity index is 1.45. The first-order valence-corrected chi connectivity index (χ1v) is 9.54. The molecule has 6 heteroatoms. The molecule has 0 saturated carbocycles. The van der Waals surface area contributed by atoms with E-state index >= 15 is 0 Å². The zero-order valence-corrected chi connectivity index (χ0v) is 15.4. The van der Waals surface area contributed by atoms with Gasteiger partial charge in [0.25, 0.3) is 0 Å². The zero-order chi connectivity index (χ0) is 18.5. The Morgan fingerprint density at radius 1 is 0.962 bits per heavy atom. The van der Waals surface area contributed by atoms with Crippen LogP contribution in [0.2, 0.25) is 0 Å². The van der Waals surface area contributed by atoms with Gasteiger partial charge in [-0.15, -0.1) is 0 Å². The highest BCUT2D eigenvalue weighted by atomic mass is 16.2. The molecule has 0 radical (unpaired) electrons.